The minimum atomic E-state index is -2.03. The van der Waals surface area contributed by atoms with Crippen LogP contribution in [0.3, 0.4) is 0 Å². The van der Waals surface area contributed by atoms with E-state index in [2.05, 4.69) is 51.3 Å². The Labute approximate surface area is 183 Å². The fourth-order valence-electron chi connectivity index (χ4n) is 3.03. The van der Waals surface area contributed by atoms with Crippen LogP contribution in [0.4, 0.5) is 4.79 Å². The van der Waals surface area contributed by atoms with E-state index >= 15 is 0 Å². The van der Waals surface area contributed by atoms with Crippen molar-refractivity contribution in [1.82, 2.24) is 5.32 Å². The summed E-state index contributed by atoms with van der Waals surface area (Å²) in [4.78, 5) is 12.5. The van der Waals surface area contributed by atoms with Gasteiger partial charge >= 0.3 is 6.09 Å². The largest absolute Gasteiger partial charge is 0.444 e. The molecule has 3 atom stereocenters. The molecule has 0 aliphatic heterocycles. The average Bonchev–Trinajstić information content (AvgIpc) is 2.59. The molecular weight excluding hydrogens is 394 g/mol. The lowest BCUT2D eigenvalue weighted by atomic mass is 9.96. The number of amides is 1. The van der Waals surface area contributed by atoms with Crippen LogP contribution in [0, 0.1) is 0 Å². The Morgan fingerprint density at radius 1 is 1.10 bits per heavy atom. The smallest absolute Gasteiger partial charge is 0.407 e. The zero-order valence-corrected chi connectivity index (χ0v) is 20.8. The summed E-state index contributed by atoms with van der Waals surface area (Å²) in [7, 11) is -2.03. The Morgan fingerprint density at radius 3 is 2.30 bits per heavy atom. The van der Waals surface area contributed by atoms with E-state index in [-0.39, 0.29) is 23.3 Å². The van der Waals surface area contributed by atoms with Crippen molar-refractivity contribution in [3.63, 3.8) is 0 Å². The van der Waals surface area contributed by atoms with E-state index in [1.165, 1.54) is 0 Å². The van der Waals surface area contributed by atoms with Gasteiger partial charge in [-0.3, -0.25) is 0 Å². The molecule has 5 nitrogen and oxygen atoms in total. The highest BCUT2D eigenvalue weighted by Crippen LogP contribution is 2.39. The average molecular weight is 434 g/mol. The molecular formula is C24H39NO4Si. The highest BCUT2D eigenvalue weighted by Gasteiger charge is 2.43. The van der Waals surface area contributed by atoms with Gasteiger partial charge in [-0.25, -0.2) is 4.79 Å². The summed E-state index contributed by atoms with van der Waals surface area (Å²) in [5, 5.41) is 3.09. The van der Waals surface area contributed by atoms with Crippen LogP contribution in [0.2, 0.25) is 18.1 Å². The first kappa shape index (κ1) is 24.6. The number of nitrogens with one attached hydrogen (secondary N) is 1. The summed E-state index contributed by atoms with van der Waals surface area (Å²) in [6, 6.07) is 9.85. The van der Waals surface area contributed by atoms with Crippen LogP contribution in [0.1, 0.15) is 53.5 Å². The number of carbonyl (C=O) groups excluding carboxylic acids is 1. The van der Waals surface area contributed by atoms with Gasteiger partial charge in [0, 0.05) is 0 Å². The summed E-state index contributed by atoms with van der Waals surface area (Å²) in [6.45, 7) is 17.2. The SMILES string of the molecule is CC(C)(C)OC(=O)N[C@@H]1CC=C[C@H](O[Si](C)(C)C(C)(C)C)[C@H]1OCc1ccccc1. The van der Waals surface area contributed by atoms with Crippen LogP contribution in [0.15, 0.2) is 42.5 Å². The van der Waals surface area contributed by atoms with Crippen molar-refractivity contribution in [2.45, 2.75) is 96.6 Å². The van der Waals surface area contributed by atoms with Crippen molar-refractivity contribution in [1.29, 1.82) is 0 Å². The van der Waals surface area contributed by atoms with E-state index in [4.69, 9.17) is 13.9 Å². The summed E-state index contributed by atoms with van der Waals surface area (Å²) in [6.07, 6.45) is 3.89. The number of ether oxygens (including phenoxy) is 2. The lowest BCUT2D eigenvalue weighted by molar-refractivity contribution is -0.0475. The zero-order chi connectivity index (χ0) is 22.6. The quantitative estimate of drug-likeness (QED) is 0.454. The highest BCUT2D eigenvalue weighted by molar-refractivity contribution is 6.74. The third kappa shape index (κ3) is 7.25. The number of rotatable bonds is 6. The number of carbonyl (C=O) groups is 1. The second-order valence-electron chi connectivity index (χ2n) is 10.5. The summed E-state index contributed by atoms with van der Waals surface area (Å²) < 4.78 is 18.5. The molecule has 2 rings (SSSR count). The predicted octanol–water partition coefficient (Wildman–Crippen LogP) is 5.82. The lowest BCUT2D eigenvalue weighted by Crippen LogP contribution is -2.55. The van der Waals surface area contributed by atoms with Gasteiger partial charge < -0.3 is 19.2 Å². The summed E-state index contributed by atoms with van der Waals surface area (Å²) >= 11 is 0. The van der Waals surface area contributed by atoms with Gasteiger partial charge in [0.25, 0.3) is 0 Å². The molecule has 0 unspecified atom stereocenters. The maximum Gasteiger partial charge on any atom is 0.407 e. The van der Waals surface area contributed by atoms with Gasteiger partial charge in [0.1, 0.15) is 11.7 Å². The first-order valence-electron chi connectivity index (χ1n) is 10.8. The molecule has 0 spiro atoms. The zero-order valence-electron chi connectivity index (χ0n) is 19.8. The Hall–Kier alpha value is -1.63. The topological polar surface area (TPSA) is 56.8 Å². The van der Waals surface area contributed by atoms with Gasteiger partial charge in [0.15, 0.2) is 8.32 Å². The standard InChI is InChI=1S/C24H39NO4Si/c1-23(2,3)28-22(26)25-19-15-12-16-20(29-30(7,8)24(4,5)6)21(19)27-17-18-13-10-9-11-14-18/h9-14,16,19-21H,15,17H2,1-8H3,(H,25,26)/t19-,20+,21+/m1/s1. The molecule has 168 valence electrons. The number of alkyl carbamates (subject to hydrolysis) is 1. The Morgan fingerprint density at radius 2 is 1.73 bits per heavy atom. The number of hydrogen-bond donors (Lipinski definition) is 1. The fraction of sp³-hybridized carbons (Fsp3) is 0.625. The number of benzene rings is 1. The van der Waals surface area contributed by atoms with Crippen LogP contribution < -0.4 is 5.32 Å². The normalized spacial score (nSPS) is 22.6. The minimum Gasteiger partial charge on any atom is -0.444 e. The third-order valence-electron chi connectivity index (χ3n) is 5.66. The highest BCUT2D eigenvalue weighted by atomic mass is 28.4. The minimum absolute atomic E-state index is 0.0797. The Bertz CT molecular complexity index is 719. The van der Waals surface area contributed by atoms with Crippen molar-refractivity contribution >= 4 is 14.4 Å². The van der Waals surface area contributed by atoms with Crippen molar-refractivity contribution in [3.05, 3.63) is 48.0 Å². The van der Waals surface area contributed by atoms with Crippen molar-refractivity contribution in [2.24, 2.45) is 0 Å². The van der Waals surface area contributed by atoms with Gasteiger partial charge in [0.05, 0.1) is 18.8 Å². The van der Waals surface area contributed by atoms with Crippen molar-refractivity contribution < 1.29 is 18.7 Å². The Balaban J connectivity index is 2.20. The van der Waals surface area contributed by atoms with Crippen LogP contribution in [-0.4, -0.2) is 38.3 Å². The van der Waals surface area contributed by atoms with Gasteiger partial charge in [0.2, 0.25) is 0 Å². The summed E-state index contributed by atoms with van der Waals surface area (Å²) in [5.41, 5.74) is 0.542. The van der Waals surface area contributed by atoms with E-state index < -0.39 is 20.0 Å². The molecule has 0 heterocycles. The molecule has 1 aliphatic rings. The second-order valence-corrected chi connectivity index (χ2v) is 15.3. The van der Waals surface area contributed by atoms with Gasteiger partial charge in [-0.15, -0.1) is 0 Å². The van der Waals surface area contributed by atoms with Crippen molar-refractivity contribution in [2.75, 3.05) is 0 Å². The molecule has 1 aliphatic carbocycles. The van der Waals surface area contributed by atoms with Crippen LogP contribution in [0.5, 0.6) is 0 Å². The van der Waals surface area contributed by atoms with Gasteiger partial charge in [-0.05, 0) is 50.9 Å². The molecule has 0 aromatic heterocycles. The molecule has 0 fully saturated rings. The van der Waals surface area contributed by atoms with Crippen LogP contribution in [0.25, 0.3) is 0 Å². The lowest BCUT2D eigenvalue weighted by Gasteiger charge is -2.43. The van der Waals surface area contributed by atoms with Crippen molar-refractivity contribution in [3.8, 4) is 0 Å². The number of hydrogen-bond acceptors (Lipinski definition) is 4. The molecule has 30 heavy (non-hydrogen) atoms. The van der Waals surface area contributed by atoms with Gasteiger partial charge in [-0.2, -0.15) is 0 Å². The molecule has 1 aromatic carbocycles. The van der Waals surface area contributed by atoms with E-state index in [1.807, 2.05) is 51.1 Å². The first-order valence-corrected chi connectivity index (χ1v) is 13.7. The second kappa shape index (κ2) is 9.67. The van der Waals surface area contributed by atoms with Gasteiger partial charge in [-0.1, -0.05) is 63.3 Å². The maximum atomic E-state index is 12.5. The molecule has 1 N–H and O–H groups in total. The molecule has 0 saturated heterocycles. The molecule has 0 bridgehead atoms. The molecule has 0 saturated carbocycles. The predicted molar refractivity (Wildman–Crippen MR) is 124 cm³/mol. The first-order chi connectivity index (χ1) is 13.8. The van der Waals surface area contributed by atoms with E-state index in [1.54, 1.807) is 0 Å². The molecule has 1 amide bonds. The van der Waals surface area contributed by atoms with Crippen LogP contribution >= 0.6 is 0 Å². The van der Waals surface area contributed by atoms with E-state index in [9.17, 15) is 4.79 Å². The fourth-order valence-corrected chi connectivity index (χ4v) is 4.28. The third-order valence-corrected chi connectivity index (χ3v) is 10.1. The molecule has 0 radical (unpaired) electrons. The van der Waals surface area contributed by atoms with E-state index in [0.717, 1.165) is 5.56 Å². The molecule has 1 aromatic rings. The van der Waals surface area contributed by atoms with Crippen LogP contribution in [-0.2, 0) is 20.5 Å². The maximum absolute atomic E-state index is 12.5. The monoisotopic (exact) mass is 433 g/mol. The Kier molecular flexibility index (Phi) is 7.94. The molecule has 6 heteroatoms. The summed E-state index contributed by atoms with van der Waals surface area (Å²) in [5.74, 6) is 0. The van der Waals surface area contributed by atoms with E-state index in [0.29, 0.717) is 13.0 Å².